The van der Waals surface area contributed by atoms with E-state index in [0.717, 1.165) is 17.4 Å². The molecule has 0 aliphatic carbocycles. The van der Waals surface area contributed by atoms with E-state index in [1.165, 1.54) is 11.3 Å². The molecule has 0 aromatic carbocycles. The molecule has 1 saturated heterocycles. The van der Waals surface area contributed by atoms with Crippen molar-refractivity contribution in [3.05, 3.63) is 21.3 Å². The Morgan fingerprint density at radius 1 is 1.60 bits per heavy atom. The van der Waals surface area contributed by atoms with E-state index in [-0.39, 0.29) is 5.54 Å². The minimum Gasteiger partial charge on any atom is -0.310 e. The maximum Gasteiger partial charge on any atom is 0.0931 e. The van der Waals surface area contributed by atoms with Crippen molar-refractivity contribution in [2.45, 2.75) is 38.4 Å². The molecule has 0 spiro atoms. The number of rotatable bonds is 3. The van der Waals surface area contributed by atoms with Gasteiger partial charge >= 0.3 is 0 Å². The summed E-state index contributed by atoms with van der Waals surface area (Å²) in [6.45, 7) is 6.49. The lowest BCUT2D eigenvalue weighted by Crippen LogP contribution is -2.31. The van der Waals surface area contributed by atoms with Gasteiger partial charge in [-0.1, -0.05) is 11.6 Å². The largest absolute Gasteiger partial charge is 0.310 e. The Kier molecular flexibility index (Phi) is 3.36. The zero-order chi connectivity index (χ0) is 10.9. The van der Waals surface area contributed by atoms with Gasteiger partial charge in [0.1, 0.15) is 0 Å². The van der Waals surface area contributed by atoms with Crippen LogP contribution in [-0.4, -0.2) is 18.1 Å². The van der Waals surface area contributed by atoms with Gasteiger partial charge < -0.3 is 10.6 Å². The molecule has 0 amide bonds. The Hall–Kier alpha value is -0.0900. The molecule has 2 nitrogen and oxygen atoms in total. The van der Waals surface area contributed by atoms with Crippen molar-refractivity contribution in [3.63, 3.8) is 0 Å². The van der Waals surface area contributed by atoms with Crippen molar-refractivity contribution in [2.75, 3.05) is 6.54 Å². The van der Waals surface area contributed by atoms with Gasteiger partial charge in [0.2, 0.25) is 0 Å². The highest BCUT2D eigenvalue weighted by Gasteiger charge is 2.29. The second-order valence-corrected chi connectivity index (χ2v) is 6.55. The number of hydrogen-bond donors (Lipinski definition) is 2. The SMILES string of the molecule is CC1(C)CC(NCc2ccc(Cl)s2)CN1. The number of thiophene rings is 1. The third-order valence-corrected chi connectivity index (χ3v) is 4.01. The predicted molar refractivity (Wildman–Crippen MR) is 66.7 cm³/mol. The summed E-state index contributed by atoms with van der Waals surface area (Å²) >= 11 is 7.53. The first-order valence-corrected chi connectivity index (χ1v) is 6.47. The lowest BCUT2D eigenvalue weighted by molar-refractivity contribution is 0.442. The van der Waals surface area contributed by atoms with Crippen LogP contribution in [0.3, 0.4) is 0 Å². The van der Waals surface area contributed by atoms with Crippen molar-refractivity contribution in [1.82, 2.24) is 10.6 Å². The van der Waals surface area contributed by atoms with Crippen molar-refractivity contribution < 1.29 is 0 Å². The van der Waals surface area contributed by atoms with E-state index < -0.39 is 0 Å². The highest BCUT2D eigenvalue weighted by Crippen LogP contribution is 2.22. The lowest BCUT2D eigenvalue weighted by atomic mass is 10.0. The maximum absolute atomic E-state index is 5.88. The van der Waals surface area contributed by atoms with Gasteiger partial charge in [0.05, 0.1) is 4.34 Å². The summed E-state index contributed by atoms with van der Waals surface area (Å²) in [5.41, 5.74) is 0.283. The molecular weight excluding hydrogens is 228 g/mol. The normalized spacial score (nSPS) is 24.6. The number of halogens is 1. The van der Waals surface area contributed by atoms with Crippen LogP contribution in [0, 0.1) is 0 Å². The van der Waals surface area contributed by atoms with Crippen molar-refractivity contribution >= 4 is 22.9 Å². The highest BCUT2D eigenvalue weighted by atomic mass is 35.5. The summed E-state index contributed by atoms with van der Waals surface area (Å²) in [5.74, 6) is 0. The molecule has 0 bridgehead atoms. The van der Waals surface area contributed by atoms with E-state index in [1.807, 2.05) is 6.07 Å². The molecule has 1 atom stereocenters. The highest BCUT2D eigenvalue weighted by molar-refractivity contribution is 7.16. The van der Waals surface area contributed by atoms with Crippen LogP contribution in [0.2, 0.25) is 4.34 Å². The number of hydrogen-bond acceptors (Lipinski definition) is 3. The summed E-state index contributed by atoms with van der Waals surface area (Å²) in [5, 5.41) is 7.06. The van der Waals surface area contributed by atoms with Gasteiger partial charge in [0, 0.05) is 29.5 Å². The first kappa shape index (κ1) is 11.4. The molecule has 0 radical (unpaired) electrons. The van der Waals surface area contributed by atoms with Crippen LogP contribution in [0.25, 0.3) is 0 Å². The fraction of sp³-hybridized carbons (Fsp3) is 0.636. The Morgan fingerprint density at radius 3 is 2.93 bits per heavy atom. The summed E-state index contributed by atoms with van der Waals surface area (Å²) in [6.07, 6.45) is 1.19. The molecule has 0 saturated carbocycles. The molecule has 2 rings (SSSR count). The van der Waals surface area contributed by atoms with Crippen LogP contribution < -0.4 is 10.6 Å². The fourth-order valence-electron chi connectivity index (χ4n) is 2.00. The van der Waals surface area contributed by atoms with Crippen LogP contribution in [0.5, 0.6) is 0 Å². The molecular formula is C11H17ClN2S. The standard InChI is InChI=1S/C11H17ClN2S/c1-11(2)5-8(6-14-11)13-7-9-3-4-10(12)15-9/h3-4,8,13-14H,5-7H2,1-2H3. The molecule has 2 heterocycles. The number of nitrogens with one attached hydrogen (secondary N) is 2. The molecule has 1 aromatic rings. The summed E-state index contributed by atoms with van der Waals surface area (Å²) in [6, 6.07) is 4.63. The zero-order valence-corrected chi connectivity index (χ0v) is 10.7. The van der Waals surface area contributed by atoms with Crippen molar-refractivity contribution in [1.29, 1.82) is 0 Å². The average molecular weight is 245 g/mol. The molecule has 2 N–H and O–H groups in total. The van der Waals surface area contributed by atoms with E-state index in [4.69, 9.17) is 11.6 Å². The average Bonchev–Trinajstić information content (AvgIpc) is 2.69. The first-order chi connectivity index (χ1) is 7.05. The molecule has 1 aliphatic rings. The minimum absolute atomic E-state index is 0.283. The quantitative estimate of drug-likeness (QED) is 0.854. The Bertz CT molecular complexity index is 335. The predicted octanol–water partition coefficient (Wildman–Crippen LogP) is 2.63. The third kappa shape index (κ3) is 3.18. The van der Waals surface area contributed by atoms with E-state index in [9.17, 15) is 0 Å². The molecule has 15 heavy (non-hydrogen) atoms. The van der Waals surface area contributed by atoms with E-state index >= 15 is 0 Å². The first-order valence-electron chi connectivity index (χ1n) is 5.28. The van der Waals surface area contributed by atoms with Gasteiger partial charge in [0.15, 0.2) is 0 Å². The van der Waals surface area contributed by atoms with Crippen LogP contribution >= 0.6 is 22.9 Å². The van der Waals surface area contributed by atoms with Crippen LogP contribution in [-0.2, 0) is 6.54 Å². The van der Waals surface area contributed by atoms with Crippen LogP contribution in [0.4, 0.5) is 0 Å². The Labute approximate surface area is 100 Å². The molecule has 1 unspecified atom stereocenters. The summed E-state index contributed by atoms with van der Waals surface area (Å²) in [4.78, 5) is 1.31. The molecule has 1 fully saturated rings. The van der Waals surface area contributed by atoms with Gasteiger partial charge in [0.25, 0.3) is 0 Å². The third-order valence-electron chi connectivity index (χ3n) is 2.78. The van der Waals surface area contributed by atoms with Gasteiger partial charge in [-0.2, -0.15) is 0 Å². The van der Waals surface area contributed by atoms with E-state index in [0.29, 0.717) is 6.04 Å². The topological polar surface area (TPSA) is 24.1 Å². The summed E-state index contributed by atoms with van der Waals surface area (Å²) < 4.78 is 0.872. The van der Waals surface area contributed by atoms with E-state index in [1.54, 1.807) is 11.3 Å². The Balaban J connectivity index is 1.80. The molecule has 1 aliphatic heterocycles. The van der Waals surface area contributed by atoms with Gasteiger partial charge in [-0.3, -0.25) is 0 Å². The molecule has 1 aromatic heterocycles. The summed E-state index contributed by atoms with van der Waals surface area (Å²) in [7, 11) is 0. The zero-order valence-electron chi connectivity index (χ0n) is 9.14. The van der Waals surface area contributed by atoms with Gasteiger partial charge in [-0.25, -0.2) is 0 Å². The maximum atomic E-state index is 5.88. The van der Waals surface area contributed by atoms with Crippen molar-refractivity contribution in [2.24, 2.45) is 0 Å². The van der Waals surface area contributed by atoms with E-state index in [2.05, 4.69) is 30.5 Å². The Morgan fingerprint density at radius 2 is 2.40 bits per heavy atom. The molecule has 84 valence electrons. The van der Waals surface area contributed by atoms with Gasteiger partial charge in [-0.05, 0) is 32.4 Å². The molecule has 4 heteroatoms. The second kappa shape index (κ2) is 4.42. The minimum atomic E-state index is 0.283. The van der Waals surface area contributed by atoms with Crippen molar-refractivity contribution in [3.8, 4) is 0 Å². The van der Waals surface area contributed by atoms with Gasteiger partial charge in [-0.15, -0.1) is 11.3 Å². The smallest absolute Gasteiger partial charge is 0.0931 e. The lowest BCUT2D eigenvalue weighted by Gasteiger charge is -2.17. The van der Waals surface area contributed by atoms with Crippen LogP contribution in [0.15, 0.2) is 12.1 Å². The fourth-order valence-corrected chi connectivity index (χ4v) is 3.03. The van der Waals surface area contributed by atoms with Crippen LogP contribution in [0.1, 0.15) is 25.1 Å². The monoisotopic (exact) mass is 244 g/mol. The second-order valence-electron chi connectivity index (χ2n) is 4.75.